The molecule has 2 aromatic carbocycles. The van der Waals surface area contributed by atoms with Crippen LogP contribution in [-0.4, -0.2) is 31.2 Å². The number of fused-ring (bicyclic) bond motifs is 1. The zero-order valence-corrected chi connectivity index (χ0v) is 23.5. The molecule has 0 radical (unpaired) electrons. The quantitative estimate of drug-likeness (QED) is 0.357. The number of anilines is 3. The third kappa shape index (κ3) is 4.63. The summed E-state index contributed by atoms with van der Waals surface area (Å²) >= 11 is 0. The maximum absolute atomic E-state index is 13.9. The molecule has 1 N–H and O–H groups in total. The van der Waals surface area contributed by atoms with Gasteiger partial charge in [-0.15, -0.1) is 0 Å². The minimum Gasteiger partial charge on any atom is -0.455 e. The van der Waals surface area contributed by atoms with Crippen LogP contribution in [-0.2, 0) is 21.2 Å². The Morgan fingerprint density at radius 1 is 1.00 bits per heavy atom. The molecule has 1 amide bonds. The van der Waals surface area contributed by atoms with E-state index in [0.717, 1.165) is 5.56 Å². The number of para-hydroxylation sites is 3. The van der Waals surface area contributed by atoms with Gasteiger partial charge in [0, 0.05) is 7.05 Å². The van der Waals surface area contributed by atoms with Crippen LogP contribution in [0.1, 0.15) is 46.0 Å². The summed E-state index contributed by atoms with van der Waals surface area (Å²) in [4.78, 5) is 25.2. The average Bonchev–Trinajstić information content (AvgIpc) is 3.03. The van der Waals surface area contributed by atoms with E-state index >= 15 is 0 Å². The van der Waals surface area contributed by atoms with Crippen molar-refractivity contribution in [3.05, 3.63) is 66.0 Å². The molecule has 1 aliphatic rings. The van der Waals surface area contributed by atoms with Crippen molar-refractivity contribution in [3.8, 4) is 11.5 Å². The van der Waals surface area contributed by atoms with E-state index in [4.69, 9.17) is 19.1 Å². The van der Waals surface area contributed by atoms with Gasteiger partial charge >= 0.3 is 0 Å². The summed E-state index contributed by atoms with van der Waals surface area (Å²) in [7, 11) is -0.201. The molecule has 0 saturated carbocycles. The number of nitrogens with one attached hydrogen (secondary N) is 1. The Balaban J connectivity index is 1.80. The smallest absolute Gasteiger partial charge is 0.243 e. The zero-order valence-electron chi connectivity index (χ0n) is 22.5. The van der Waals surface area contributed by atoms with Crippen LogP contribution in [0.15, 0.2) is 54.6 Å². The summed E-state index contributed by atoms with van der Waals surface area (Å²) in [5.74, 6) is 2.91. The maximum atomic E-state index is 13.9. The van der Waals surface area contributed by atoms with E-state index in [1.165, 1.54) is 0 Å². The van der Waals surface area contributed by atoms with Crippen molar-refractivity contribution in [2.45, 2.75) is 64.8 Å². The maximum Gasteiger partial charge on any atom is 0.243 e. The SMILES string of the molecule is CNc1nc(CO[Si](C)(C)C(C)(C)C)nc2c1C(C)(C)C(=O)N2c1ccccc1Oc1ccccc1. The van der Waals surface area contributed by atoms with E-state index in [1.54, 1.807) is 4.90 Å². The lowest BCUT2D eigenvalue weighted by atomic mass is 9.87. The van der Waals surface area contributed by atoms with Gasteiger partial charge in [0.25, 0.3) is 0 Å². The van der Waals surface area contributed by atoms with Gasteiger partial charge in [0.2, 0.25) is 5.91 Å². The van der Waals surface area contributed by atoms with Gasteiger partial charge in [-0.1, -0.05) is 51.1 Å². The minimum absolute atomic E-state index is 0.0628. The van der Waals surface area contributed by atoms with Gasteiger partial charge in [-0.25, -0.2) is 9.97 Å². The second kappa shape index (κ2) is 9.33. The van der Waals surface area contributed by atoms with Crippen molar-refractivity contribution >= 4 is 31.5 Å². The van der Waals surface area contributed by atoms with Crippen molar-refractivity contribution in [1.29, 1.82) is 0 Å². The molecular formula is C28H36N4O3Si. The van der Waals surface area contributed by atoms with Gasteiger partial charge in [-0.3, -0.25) is 9.69 Å². The molecule has 1 aliphatic heterocycles. The summed E-state index contributed by atoms with van der Waals surface area (Å²) in [5, 5.41) is 3.26. The molecule has 190 valence electrons. The number of benzene rings is 2. The highest BCUT2D eigenvalue weighted by atomic mass is 28.4. The Morgan fingerprint density at radius 2 is 1.64 bits per heavy atom. The molecule has 7 nitrogen and oxygen atoms in total. The lowest BCUT2D eigenvalue weighted by molar-refractivity contribution is -0.121. The molecule has 0 atom stereocenters. The van der Waals surface area contributed by atoms with Gasteiger partial charge in [0.05, 0.1) is 23.3 Å². The van der Waals surface area contributed by atoms with Crippen LogP contribution in [0.2, 0.25) is 18.1 Å². The molecule has 4 rings (SSSR count). The fraction of sp³-hybridized carbons (Fsp3) is 0.393. The van der Waals surface area contributed by atoms with Crippen molar-refractivity contribution in [3.63, 3.8) is 0 Å². The second-order valence-corrected chi connectivity index (χ2v) is 15.9. The molecule has 1 aromatic heterocycles. The van der Waals surface area contributed by atoms with E-state index < -0.39 is 13.7 Å². The average molecular weight is 505 g/mol. The van der Waals surface area contributed by atoms with Crippen LogP contribution in [0.25, 0.3) is 0 Å². The van der Waals surface area contributed by atoms with E-state index in [9.17, 15) is 4.79 Å². The molecule has 8 heteroatoms. The van der Waals surface area contributed by atoms with Crippen LogP contribution < -0.4 is 15.0 Å². The monoisotopic (exact) mass is 504 g/mol. The molecule has 3 aromatic rings. The molecule has 2 heterocycles. The summed E-state index contributed by atoms with van der Waals surface area (Å²) in [5.41, 5.74) is 0.572. The zero-order chi connectivity index (χ0) is 26.3. The molecule has 0 aliphatic carbocycles. The van der Waals surface area contributed by atoms with Crippen molar-refractivity contribution in [2.24, 2.45) is 0 Å². The number of carbonyl (C=O) groups is 1. The lowest BCUT2D eigenvalue weighted by Gasteiger charge is -2.35. The van der Waals surface area contributed by atoms with Gasteiger partial charge in [0.1, 0.15) is 17.4 Å². The van der Waals surface area contributed by atoms with Crippen LogP contribution in [0.3, 0.4) is 0 Å². The predicted octanol–water partition coefficient (Wildman–Crippen LogP) is 6.79. The fourth-order valence-electron chi connectivity index (χ4n) is 3.99. The number of aromatic nitrogens is 2. The van der Waals surface area contributed by atoms with Crippen LogP contribution in [0.5, 0.6) is 11.5 Å². The Bertz CT molecular complexity index is 1270. The first-order chi connectivity index (χ1) is 16.9. The van der Waals surface area contributed by atoms with Crippen molar-refractivity contribution < 1.29 is 14.0 Å². The Morgan fingerprint density at radius 3 is 2.28 bits per heavy atom. The Labute approximate surface area is 215 Å². The highest BCUT2D eigenvalue weighted by Gasteiger charge is 2.49. The topological polar surface area (TPSA) is 76.6 Å². The molecule has 0 saturated heterocycles. The number of nitrogens with zero attached hydrogens (tertiary/aromatic N) is 3. The molecule has 0 bridgehead atoms. The van der Waals surface area contributed by atoms with E-state index in [0.29, 0.717) is 34.6 Å². The second-order valence-electron chi connectivity index (χ2n) is 11.1. The summed E-state index contributed by atoms with van der Waals surface area (Å²) < 4.78 is 12.6. The summed E-state index contributed by atoms with van der Waals surface area (Å²) in [6.07, 6.45) is 0. The molecular weight excluding hydrogens is 468 g/mol. The fourth-order valence-corrected chi connectivity index (χ4v) is 4.91. The highest BCUT2D eigenvalue weighted by Crippen LogP contribution is 2.49. The first-order valence-corrected chi connectivity index (χ1v) is 15.2. The van der Waals surface area contributed by atoms with Gasteiger partial charge in [0.15, 0.2) is 19.9 Å². The Kier molecular flexibility index (Phi) is 6.70. The lowest BCUT2D eigenvalue weighted by Crippen LogP contribution is -2.40. The van der Waals surface area contributed by atoms with Gasteiger partial charge in [-0.2, -0.15) is 0 Å². The predicted molar refractivity (Wildman–Crippen MR) is 147 cm³/mol. The highest BCUT2D eigenvalue weighted by molar-refractivity contribution is 6.74. The van der Waals surface area contributed by atoms with E-state index in [1.807, 2.05) is 75.5 Å². The number of rotatable bonds is 7. The minimum atomic E-state index is -2.02. The van der Waals surface area contributed by atoms with Gasteiger partial charge < -0.3 is 14.5 Å². The standard InChI is InChI=1S/C28H36N4O3Si/c1-27(2,3)36(7,8)34-18-22-30-24(29-6)23-25(31-22)32(26(33)28(23,4)5)20-16-12-13-17-21(20)35-19-14-10-9-11-15-19/h9-17H,18H2,1-8H3,(H,29,30,31). The third-order valence-electron chi connectivity index (χ3n) is 7.19. The first kappa shape index (κ1) is 25.8. The molecule has 36 heavy (non-hydrogen) atoms. The molecule has 0 spiro atoms. The number of hydrogen-bond acceptors (Lipinski definition) is 6. The Hall–Kier alpha value is -3.23. The number of hydrogen-bond donors (Lipinski definition) is 1. The van der Waals surface area contributed by atoms with Gasteiger partial charge in [-0.05, 0) is 56.2 Å². The molecule has 0 fully saturated rings. The largest absolute Gasteiger partial charge is 0.455 e. The van der Waals surface area contributed by atoms with Crippen molar-refractivity contribution in [1.82, 2.24) is 9.97 Å². The number of amides is 1. The van der Waals surface area contributed by atoms with Crippen LogP contribution in [0, 0.1) is 0 Å². The first-order valence-electron chi connectivity index (χ1n) is 12.3. The number of ether oxygens (including phenoxy) is 1. The third-order valence-corrected chi connectivity index (χ3v) is 11.7. The van der Waals surface area contributed by atoms with Crippen molar-refractivity contribution in [2.75, 3.05) is 17.3 Å². The number of carbonyl (C=O) groups excluding carboxylic acids is 1. The van der Waals surface area contributed by atoms with Crippen LogP contribution in [0.4, 0.5) is 17.3 Å². The van der Waals surface area contributed by atoms with E-state index in [-0.39, 0.29) is 17.6 Å². The van der Waals surface area contributed by atoms with E-state index in [2.05, 4.69) is 39.2 Å². The summed E-state index contributed by atoms with van der Waals surface area (Å²) in [6.45, 7) is 15.1. The van der Waals surface area contributed by atoms with Crippen LogP contribution >= 0.6 is 0 Å². The normalized spacial score (nSPS) is 15.1. The molecule has 0 unspecified atom stereocenters. The summed E-state index contributed by atoms with van der Waals surface area (Å²) in [6, 6.07) is 17.1.